The van der Waals surface area contributed by atoms with Crippen LogP contribution in [0.25, 0.3) is 0 Å². The molecule has 0 radical (unpaired) electrons. The number of nitrogens with zero attached hydrogens (tertiary/aromatic N) is 1. The highest BCUT2D eigenvalue weighted by Crippen LogP contribution is 2.35. The minimum Gasteiger partial charge on any atom is -0.461 e. The molecule has 6 heteroatoms. The summed E-state index contributed by atoms with van der Waals surface area (Å²) in [6.45, 7) is 6.53. The molecule has 5 atom stereocenters. The largest absolute Gasteiger partial charge is 0.461 e. The molecule has 0 amide bonds. The van der Waals surface area contributed by atoms with Crippen molar-refractivity contribution in [3.63, 3.8) is 0 Å². The third-order valence-corrected chi connectivity index (χ3v) is 5.52. The first-order chi connectivity index (χ1) is 10.3. The number of aliphatic hydroxyl groups is 1. The van der Waals surface area contributed by atoms with Crippen LogP contribution in [0.1, 0.15) is 27.2 Å². The molecule has 0 saturated carbocycles. The molecule has 0 aromatic heterocycles. The van der Waals surface area contributed by atoms with Crippen molar-refractivity contribution in [2.45, 2.75) is 44.9 Å². The van der Waals surface area contributed by atoms with E-state index in [1.807, 2.05) is 6.08 Å². The molecular formula is C16H23NO5. The Labute approximate surface area is 130 Å². The van der Waals surface area contributed by atoms with Crippen molar-refractivity contribution in [2.24, 2.45) is 11.8 Å². The predicted octanol–water partition coefficient (Wildman–Crippen LogP) is 0.492. The average molecular weight is 309 g/mol. The molecule has 1 N–H and O–H groups in total. The lowest BCUT2D eigenvalue weighted by Gasteiger charge is -2.33. The number of esters is 2. The van der Waals surface area contributed by atoms with Crippen LogP contribution in [-0.2, 0) is 19.1 Å². The van der Waals surface area contributed by atoms with Gasteiger partial charge in [-0.3, -0.25) is 14.5 Å². The summed E-state index contributed by atoms with van der Waals surface area (Å²) in [5.41, 5.74) is -0.509. The van der Waals surface area contributed by atoms with Gasteiger partial charge in [0.1, 0.15) is 12.7 Å². The summed E-state index contributed by atoms with van der Waals surface area (Å²) in [6.07, 6.45) is 2.58. The van der Waals surface area contributed by atoms with Crippen molar-refractivity contribution in [2.75, 3.05) is 19.7 Å². The summed E-state index contributed by atoms with van der Waals surface area (Å²) in [5, 5.41) is 10.6. The first kappa shape index (κ1) is 15.5. The highest BCUT2D eigenvalue weighted by molar-refractivity contribution is 5.78. The van der Waals surface area contributed by atoms with Crippen molar-refractivity contribution in [1.82, 2.24) is 4.90 Å². The summed E-state index contributed by atoms with van der Waals surface area (Å²) >= 11 is 0. The first-order valence-corrected chi connectivity index (χ1v) is 7.85. The van der Waals surface area contributed by atoms with Gasteiger partial charge < -0.3 is 14.6 Å². The Morgan fingerprint density at radius 2 is 1.95 bits per heavy atom. The highest BCUT2D eigenvalue weighted by atomic mass is 16.6. The molecule has 3 rings (SSSR count). The van der Waals surface area contributed by atoms with Gasteiger partial charge in [0.25, 0.3) is 0 Å². The summed E-state index contributed by atoms with van der Waals surface area (Å²) in [5.74, 6) is -2.53. The van der Waals surface area contributed by atoms with Crippen molar-refractivity contribution < 1.29 is 24.2 Å². The lowest BCUT2D eigenvalue weighted by Crippen LogP contribution is -2.48. The molecule has 22 heavy (non-hydrogen) atoms. The first-order valence-electron chi connectivity index (χ1n) is 7.85. The number of rotatable bonds is 0. The Kier molecular flexibility index (Phi) is 3.77. The third-order valence-electron chi connectivity index (χ3n) is 5.52. The van der Waals surface area contributed by atoms with Crippen molar-refractivity contribution in [3.8, 4) is 0 Å². The monoisotopic (exact) mass is 309 g/mol. The fraction of sp³-hybridized carbons (Fsp3) is 0.750. The molecule has 6 nitrogen and oxygen atoms in total. The van der Waals surface area contributed by atoms with Crippen molar-refractivity contribution in [3.05, 3.63) is 11.6 Å². The quantitative estimate of drug-likeness (QED) is 0.518. The molecule has 0 spiro atoms. The maximum absolute atomic E-state index is 12.4. The topological polar surface area (TPSA) is 76.1 Å². The molecule has 2 saturated heterocycles. The molecule has 0 unspecified atom stereocenters. The smallest absolute Gasteiger partial charge is 0.311 e. The van der Waals surface area contributed by atoms with Gasteiger partial charge in [-0.15, -0.1) is 0 Å². The van der Waals surface area contributed by atoms with Crippen LogP contribution in [0.15, 0.2) is 11.6 Å². The Morgan fingerprint density at radius 1 is 1.27 bits per heavy atom. The van der Waals surface area contributed by atoms with Crippen LogP contribution in [0.2, 0.25) is 0 Å². The van der Waals surface area contributed by atoms with E-state index in [1.165, 1.54) is 6.92 Å². The van der Waals surface area contributed by atoms with Gasteiger partial charge in [-0.2, -0.15) is 0 Å². The van der Waals surface area contributed by atoms with Gasteiger partial charge in [0, 0.05) is 13.1 Å². The van der Waals surface area contributed by atoms with E-state index in [-0.39, 0.29) is 18.8 Å². The number of cyclic esters (lactones) is 1. The van der Waals surface area contributed by atoms with Crippen LogP contribution in [0, 0.1) is 11.8 Å². The molecule has 122 valence electrons. The average Bonchev–Trinajstić information content (AvgIpc) is 3.05. The minimum absolute atomic E-state index is 0.00213. The van der Waals surface area contributed by atoms with Crippen LogP contribution < -0.4 is 0 Å². The molecular weight excluding hydrogens is 286 g/mol. The number of hydrogen-bond acceptors (Lipinski definition) is 6. The minimum atomic E-state index is -1.50. The van der Waals surface area contributed by atoms with E-state index in [0.717, 1.165) is 25.1 Å². The summed E-state index contributed by atoms with van der Waals surface area (Å²) in [4.78, 5) is 26.8. The Balaban J connectivity index is 1.92. The summed E-state index contributed by atoms with van der Waals surface area (Å²) in [7, 11) is 0. The van der Waals surface area contributed by atoms with Gasteiger partial charge in [-0.1, -0.05) is 6.08 Å². The van der Waals surface area contributed by atoms with E-state index in [2.05, 4.69) is 4.90 Å². The zero-order valence-electron chi connectivity index (χ0n) is 13.2. The van der Waals surface area contributed by atoms with Gasteiger partial charge in [0.15, 0.2) is 0 Å². The van der Waals surface area contributed by atoms with Crippen LogP contribution in [0.3, 0.4) is 0 Å². The van der Waals surface area contributed by atoms with E-state index in [4.69, 9.17) is 9.47 Å². The van der Waals surface area contributed by atoms with Gasteiger partial charge in [0.05, 0.1) is 23.5 Å². The molecule has 0 aromatic carbocycles. The molecule has 2 fully saturated rings. The molecule has 0 aliphatic carbocycles. The molecule has 0 bridgehead atoms. The SMILES string of the molecule is C[C@@H]1C(=O)OCC2=CCN3CC[C@@H](OC(=O)[C@@H](C)[C@]1(C)O)[C@@H]23. The van der Waals surface area contributed by atoms with E-state index in [0.29, 0.717) is 0 Å². The van der Waals surface area contributed by atoms with Crippen molar-refractivity contribution >= 4 is 11.9 Å². The number of hydrogen-bond donors (Lipinski definition) is 1. The van der Waals surface area contributed by atoms with Gasteiger partial charge in [-0.05, 0) is 32.8 Å². The lowest BCUT2D eigenvalue weighted by atomic mass is 9.80. The fourth-order valence-electron chi connectivity index (χ4n) is 3.51. The normalized spacial score (nSPS) is 43.0. The molecule has 3 aliphatic rings. The summed E-state index contributed by atoms with van der Waals surface area (Å²) < 4.78 is 11.1. The zero-order valence-corrected chi connectivity index (χ0v) is 13.2. The van der Waals surface area contributed by atoms with Crippen LogP contribution in [0.5, 0.6) is 0 Å². The molecule has 3 aliphatic heterocycles. The number of carbonyl (C=O) groups excluding carboxylic acids is 2. The van der Waals surface area contributed by atoms with Crippen LogP contribution >= 0.6 is 0 Å². The Hall–Kier alpha value is -1.40. The second kappa shape index (κ2) is 5.35. The Bertz CT molecular complexity index is 527. The molecule has 0 aromatic rings. The fourth-order valence-corrected chi connectivity index (χ4v) is 3.51. The Morgan fingerprint density at radius 3 is 2.68 bits per heavy atom. The van der Waals surface area contributed by atoms with Gasteiger partial charge >= 0.3 is 11.9 Å². The number of ether oxygens (including phenoxy) is 2. The van der Waals surface area contributed by atoms with Crippen LogP contribution in [0.4, 0.5) is 0 Å². The maximum Gasteiger partial charge on any atom is 0.311 e. The van der Waals surface area contributed by atoms with E-state index in [1.54, 1.807) is 13.8 Å². The maximum atomic E-state index is 12.4. The zero-order chi connectivity index (χ0) is 16.1. The van der Waals surface area contributed by atoms with E-state index in [9.17, 15) is 14.7 Å². The van der Waals surface area contributed by atoms with E-state index < -0.39 is 29.4 Å². The number of carbonyl (C=O) groups is 2. The predicted molar refractivity (Wildman–Crippen MR) is 77.9 cm³/mol. The highest BCUT2D eigenvalue weighted by Gasteiger charge is 2.48. The second-order valence-corrected chi connectivity index (χ2v) is 6.76. The molecule has 3 heterocycles. The summed E-state index contributed by atoms with van der Waals surface area (Å²) in [6, 6.07) is 0.00213. The van der Waals surface area contributed by atoms with E-state index >= 15 is 0 Å². The van der Waals surface area contributed by atoms with Gasteiger partial charge in [-0.25, -0.2) is 0 Å². The van der Waals surface area contributed by atoms with Crippen LogP contribution in [-0.4, -0.2) is 59.4 Å². The third kappa shape index (κ3) is 2.34. The standard InChI is InChI=1S/C16H23NO5/c1-9-14(18)21-8-11-4-6-17-7-5-12(13(11)17)22-15(19)10(2)16(9,3)20/h4,9-10,12-13,20H,5-8H2,1-3H3/t9-,10-,12-,13-,16-/m1/s1. The van der Waals surface area contributed by atoms with Gasteiger partial charge in [0.2, 0.25) is 0 Å². The lowest BCUT2D eigenvalue weighted by molar-refractivity contribution is -0.171. The van der Waals surface area contributed by atoms with Crippen molar-refractivity contribution in [1.29, 1.82) is 0 Å². The second-order valence-electron chi connectivity index (χ2n) is 6.76.